The molecule has 0 spiro atoms. The predicted molar refractivity (Wildman–Crippen MR) is 140 cm³/mol. The minimum absolute atomic E-state index is 0.248. The maximum absolute atomic E-state index is 5.92. The smallest absolute Gasteiger partial charge is 0.0710 e. The Morgan fingerprint density at radius 2 is 1.48 bits per heavy atom. The highest BCUT2D eigenvalue weighted by Gasteiger charge is 2.48. The van der Waals surface area contributed by atoms with E-state index < -0.39 is 0 Å². The van der Waals surface area contributed by atoms with E-state index in [-0.39, 0.29) is 11.3 Å². The summed E-state index contributed by atoms with van der Waals surface area (Å²) in [4.78, 5) is 0. The van der Waals surface area contributed by atoms with E-state index in [1.807, 2.05) is 19.1 Å². The zero-order chi connectivity index (χ0) is 22.8. The van der Waals surface area contributed by atoms with Gasteiger partial charge in [-0.2, -0.15) is 0 Å². The van der Waals surface area contributed by atoms with Gasteiger partial charge in [-0.3, -0.25) is 0 Å². The van der Waals surface area contributed by atoms with Crippen LogP contribution >= 0.6 is 0 Å². The van der Waals surface area contributed by atoms with Gasteiger partial charge < -0.3 is 5.73 Å². The van der Waals surface area contributed by atoms with E-state index >= 15 is 0 Å². The van der Waals surface area contributed by atoms with E-state index in [4.69, 9.17) is 5.73 Å². The van der Waals surface area contributed by atoms with Crippen molar-refractivity contribution in [1.29, 1.82) is 0 Å². The second kappa shape index (κ2) is 8.60. The van der Waals surface area contributed by atoms with Crippen molar-refractivity contribution in [2.24, 2.45) is 11.7 Å². The molecule has 2 aliphatic rings. The molecule has 0 amide bonds. The summed E-state index contributed by atoms with van der Waals surface area (Å²) in [6.07, 6.45) is 11.9. The van der Waals surface area contributed by atoms with Gasteiger partial charge in [0.25, 0.3) is 0 Å². The first-order valence-corrected chi connectivity index (χ1v) is 11.6. The fraction of sp³-hybridized carbons (Fsp3) is 0.125. The monoisotopic (exact) mass is 427 g/mol. The average molecular weight is 428 g/mol. The third-order valence-electron chi connectivity index (χ3n) is 6.88. The highest BCUT2D eigenvalue weighted by molar-refractivity contribution is 5.94. The Hall–Kier alpha value is -3.84. The molecule has 162 valence electrons. The van der Waals surface area contributed by atoms with Crippen molar-refractivity contribution >= 4 is 5.57 Å². The highest BCUT2D eigenvalue weighted by Crippen LogP contribution is 2.58. The third kappa shape index (κ3) is 3.41. The third-order valence-corrected chi connectivity index (χ3v) is 6.88. The maximum atomic E-state index is 5.92. The number of hydrogen-bond acceptors (Lipinski definition) is 1. The highest BCUT2D eigenvalue weighted by atomic mass is 14.5. The molecule has 33 heavy (non-hydrogen) atoms. The number of rotatable bonds is 5. The number of hydrogen-bond donors (Lipinski definition) is 1. The number of nitrogens with two attached hydrogens (primary N) is 1. The van der Waals surface area contributed by atoms with Crippen molar-refractivity contribution in [2.75, 3.05) is 0 Å². The lowest BCUT2D eigenvalue weighted by Crippen LogP contribution is -2.29. The van der Waals surface area contributed by atoms with Gasteiger partial charge in [0.15, 0.2) is 0 Å². The SMILES string of the molecule is C=C/C(=C\C=C(/C)N)C1C=C2C(=CC1)c1ccccc1C2(c1ccccc1)c1ccccc1. The summed E-state index contributed by atoms with van der Waals surface area (Å²) in [5.41, 5.74) is 15.5. The summed E-state index contributed by atoms with van der Waals surface area (Å²) in [6.45, 7) is 6.02. The van der Waals surface area contributed by atoms with Crippen LogP contribution in [0.2, 0.25) is 0 Å². The minimum Gasteiger partial charge on any atom is -0.402 e. The zero-order valence-corrected chi connectivity index (χ0v) is 19.0. The molecule has 5 rings (SSSR count). The molecule has 0 saturated carbocycles. The van der Waals surface area contributed by atoms with Crippen LogP contribution in [0.25, 0.3) is 5.57 Å². The molecule has 3 aromatic rings. The Labute approximate surface area is 197 Å². The van der Waals surface area contributed by atoms with Gasteiger partial charge in [-0.25, -0.2) is 0 Å². The standard InChI is InChI=1S/C32H29N/c1-3-24(19-18-23(2)33)25-20-21-29-28-16-10-11-17-30(28)32(31(29)22-25,26-12-6-4-7-13-26)27-14-8-5-9-15-27/h3-19,21-22,25H,1,20,33H2,2H3/b23-18+,24-19+. The van der Waals surface area contributed by atoms with E-state index in [0.29, 0.717) is 0 Å². The molecule has 1 atom stereocenters. The van der Waals surface area contributed by atoms with Crippen molar-refractivity contribution in [1.82, 2.24) is 0 Å². The zero-order valence-electron chi connectivity index (χ0n) is 19.0. The summed E-state index contributed by atoms with van der Waals surface area (Å²) in [5, 5.41) is 0. The van der Waals surface area contributed by atoms with E-state index in [1.54, 1.807) is 0 Å². The molecule has 0 fully saturated rings. The van der Waals surface area contributed by atoms with E-state index in [2.05, 4.69) is 110 Å². The minimum atomic E-state index is -0.352. The molecule has 0 aliphatic heterocycles. The second-order valence-corrected chi connectivity index (χ2v) is 8.85. The Bertz CT molecular complexity index is 1260. The van der Waals surface area contributed by atoms with Gasteiger partial charge in [0, 0.05) is 11.6 Å². The molecule has 2 aliphatic carbocycles. The number of fused-ring (bicyclic) bond motifs is 3. The lowest BCUT2D eigenvalue weighted by molar-refractivity contribution is 0.720. The summed E-state index contributed by atoms with van der Waals surface area (Å²) in [5.74, 6) is 0.248. The molecule has 2 N–H and O–H groups in total. The van der Waals surface area contributed by atoms with Gasteiger partial charge >= 0.3 is 0 Å². The Balaban J connectivity index is 1.81. The van der Waals surface area contributed by atoms with Gasteiger partial charge in [-0.1, -0.05) is 116 Å². The Kier molecular flexibility index (Phi) is 5.48. The van der Waals surface area contributed by atoms with Crippen LogP contribution in [0.15, 0.2) is 139 Å². The van der Waals surface area contributed by atoms with Gasteiger partial charge in [0.1, 0.15) is 0 Å². The number of benzene rings is 3. The summed E-state index contributed by atoms with van der Waals surface area (Å²) in [6, 6.07) is 30.7. The van der Waals surface area contributed by atoms with Crippen molar-refractivity contribution in [3.63, 3.8) is 0 Å². The van der Waals surface area contributed by atoms with Crippen LogP contribution in [0, 0.1) is 5.92 Å². The fourth-order valence-electron chi connectivity index (χ4n) is 5.45. The molecule has 0 radical (unpaired) electrons. The van der Waals surface area contributed by atoms with Crippen LogP contribution < -0.4 is 5.73 Å². The van der Waals surface area contributed by atoms with E-state index in [1.165, 1.54) is 39.0 Å². The second-order valence-electron chi connectivity index (χ2n) is 8.85. The molecule has 3 aromatic carbocycles. The summed E-state index contributed by atoms with van der Waals surface area (Å²) < 4.78 is 0. The maximum Gasteiger partial charge on any atom is 0.0710 e. The molecular formula is C32H29N. The van der Waals surface area contributed by atoms with Crippen molar-refractivity contribution in [3.05, 3.63) is 161 Å². The first kappa shape index (κ1) is 21.0. The molecule has 0 heterocycles. The molecular weight excluding hydrogens is 398 g/mol. The van der Waals surface area contributed by atoms with E-state index in [9.17, 15) is 0 Å². The van der Waals surface area contributed by atoms with Crippen LogP contribution in [-0.4, -0.2) is 0 Å². The Morgan fingerprint density at radius 3 is 2.09 bits per heavy atom. The lowest BCUT2D eigenvalue weighted by atomic mass is 9.66. The van der Waals surface area contributed by atoms with Crippen LogP contribution in [-0.2, 0) is 5.41 Å². The van der Waals surface area contributed by atoms with Gasteiger partial charge in [-0.15, -0.1) is 0 Å². The molecule has 1 unspecified atom stereocenters. The van der Waals surface area contributed by atoms with Crippen LogP contribution in [0.5, 0.6) is 0 Å². The Morgan fingerprint density at radius 1 is 0.879 bits per heavy atom. The lowest BCUT2D eigenvalue weighted by Gasteiger charge is -2.36. The largest absolute Gasteiger partial charge is 0.402 e. The quantitative estimate of drug-likeness (QED) is 0.424. The van der Waals surface area contributed by atoms with Crippen LogP contribution in [0.1, 0.15) is 35.6 Å². The molecule has 0 aromatic heterocycles. The van der Waals surface area contributed by atoms with Crippen molar-refractivity contribution < 1.29 is 0 Å². The summed E-state index contributed by atoms with van der Waals surface area (Å²) >= 11 is 0. The van der Waals surface area contributed by atoms with Crippen LogP contribution in [0.3, 0.4) is 0 Å². The molecule has 1 nitrogen and oxygen atoms in total. The predicted octanol–water partition coefficient (Wildman–Crippen LogP) is 7.34. The van der Waals surface area contributed by atoms with Gasteiger partial charge in [0.2, 0.25) is 0 Å². The van der Waals surface area contributed by atoms with Crippen molar-refractivity contribution in [3.8, 4) is 0 Å². The average Bonchev–Trinajstić information content (AvgIpc) is 3.16. The van der Waals surface area contributed by atoms with Gasteiger partial charge in [0.05, 0.1) is 5.41 Å². The normalized spacial score (nSPS) is 19.2. The molecule has 0 saturated heterocycles. The van der Waals surface area contributed by atoms with Crippen molar-refractivity contribution in [2.45, 2.75) is 18.8 Å². The van der Waals surface area contributed by atoms with E-state index in [0.717, 1.165) is 12.1 Å². The number of allylic oxidation sites excluding steroid dienone is 9. The summed E-state index contributed by atoms with van der Waals surface area (Å²) in [7, 11) is 0. The molecule has 0 bridgehead atoms. The fourth-order valence-corrected chi connectivity index (χ4v) is 5.45. The first-order chi connectivity index (χ1) is 16.2. The topological polar surface area (TPSA) is 26.0 Å². The van der Waals surface area contributed by atoms with Gasteiger partial charge in [-0.05, 0) is 58.4 Å². The molecule has 1 heteroatoms. The first-order valence-electron chi connectivity index (χ1n) is 11.6. The van der Waals surface area contributed by atoms with Crippen LogP contribution in [0.4, 0.5) is 0 Å².